The van der Waals surface area contributed by atoms with Crippen LogP contribution in [-0.2, 0) is 9.53 Å². The standard InChI is InChI=1S/C15H22BrNO2/c1-4-17(5-2)10-11-19-15(18)12(3)13-6-8-14(16)9-7-13/h6-9,12H,4-5,10-11H2,1-3H3. The van der Waals surface area contributed by atoms with Gasteiger partial charge in [-0.1, -0.05) is 41.9 Å². The highest BCUT2D eigenvalue weighted by Gasteiger charge is 2.16. The number of ether oxygens (including phenoxy) is 1. The minimum Gasteiger partial charge on any atom is -0.464 e. The van der Waals surface area contributed by atoms with Crippen molar-refractivity contribution in [1.29, 1.82) is 0 Å². The smallest absolute Gasteiger partial charge is 0.313 e. The molecular weight excluding hydrogens is 306 g/mol. The first kappa shape index (κ1) is 16.2. The number of carbonyl (C=O) groups excluding carboxylic acids is 1. The van der Waals surface area contributed by atoms with Gasteiger partial charge in [0.1, 0.15) is 6.61 Å². The summed E-state index contributed by atoms with van der Waals surface area (Å²) in [5.41, 5.74) is 0.982. The van der Waals surface area contributed by atoms with Crippen LogP contribution < -0.4 is 0 Å². The first-order chi connectivity index (χ1) is 9.08. The van der Waals surface area contributed by atoms with Gasteiger partial charge in [-0.2, -0.15) is 0 Å². The number of benzene rings is 1. The van der Waals surface area contributed by atoms with Crippen molar-refractivity contribution < 1.29 is 9.53 Å². The molecule has 0 amide bonds. The molecule has 4 heteroatoms. The van der Waals surface area contributed by atoms with Crippen molar-refractivity contribution in [1.82, 2.24) is 4.90 Å². The van der Waals surface area contributed by atoms with Gasteiger partial charge in [-0.3, -0.25) is 4.79 Å². The van der Waals surface area contributed by atoms with E-state index >= 15 is 0 Å². The van der Waals surface area contributed by atoms with Gasteiger partial charge in [-0.15, -0.1) is 0 Å². The second-order valence-corrected chi connectivity index (χ2v) is 5.38. The molecule has 1 aromatic rings. The van der Waals surface area contributed by atoms with Crippen LogP contribution in [0.25, 0.3) is 0 Å². The zero-order chi connectivity index (χ0) is 14.3. The quantitative estimate of drug-likeness (QED) is 0.718. The molecule has 0 fully saturated rings. The van der Waals surface area contributed by atoms with Crippen LogP contribution in [0, 0.1) is 0 Å². The molecule has 0 heterocycles. The number of carbonyl (C=O) groups is 1. The number of rotatable bonds is 7. The van der Waals surface area contributed by atoms with E-state index in [9.17, 15) is 4.79 Å². The highest BCUT2D eigenvalue weighted by Crippen LogP contribution is 2.19. The molecule has 0 saturated carbocycles. The second-order valence-electron chi connectivity index (χ2n) is 4.47. The molecule has 0 spiro atoms. The summed E-state index contributed by atoms with van der Waals surface area (Å²) < 4.78 is 6.34. The third kappa shape index (κ3) is 5.33. The third-order valence-electron chi connectivity index (χ3n) is 3.27. The van der Waals surface area contributed by atoms with Gasteiger partial charge < -0.3 is 9.64 Å². The lowest BCUT2D eigenvalue weighted by Crippen LogP contribution is -2.28. The molecule has 1 aromatic carbocycles. The Labute approximate surface area is 124 Å². The van der Waals surface area contributed by atoms with Crippen LogP contribution in [0.4, 0.5) is 0 Å². The van der Waals surface area contributed by atoms with Crippen molar-refractivity contribution >= 4 is 21.9 Å². The lowest BCUT2D eigenvalue weighted by molar-refractivity contribution is -0.145. The van der Waals surface area contributed by atoms with Crippen molar-refractivity contribution in [2.75, 3.05) is 26.2 Å². The van der Waals surface area contributed by atoms with E-state index in [0.717, 1.165) is 29.7 Å². The number of nitrogens with zero attached hydrogens (tertiary/aromatic N) is 1. The van der Waals surface area contributed by atoms with Gasteiger partial charge in [0.05, 0.1) is 5.92 Å². The predicted molar refractivity (Wildman–Crippen MR) is 81.3 cm³/mol. The fourth-order valence-electron chi connectivity index (χ4n) is 1.83. The molecule has 1 atom stereocenters. The Hall–Kier alpha value is -0.870. The van der Waals surface area contributed by atoms with Crippen molar-refractivity contribution in [2.45, 2.75) is 26.7 Å². The van der Waals surface area contributed by atoms with Gasteiger partial charge in [0.15, 0.2) is 0 Å². The van der Waals surface area contributed by atoms with E-state index in [2.05, 4.69) is 34.7 Å². The average molecular weight is 328 g/mol. The molecule has 0 radical (unpaired) electrons. The zero-order valence-corrected chi connectivity index (χ0v) is 13.4. The largest absolute Gasteiger partial charge is 0.464 e. The summed E-state index contributed by atoms with van der Waals surface area (Å²) in [6, 6.07) is 7.77. The van der Waals surface area contributed by atoms with E-state index in [1.807, 2.05) is 31.2 Å². The van der Waals surface area contributed by atoms with Crippen LogP contribution in [0.2, 0.25) is 0 Å². The Morgan fingerprint density at radius 1 is 1.26 bits per heavy atom. The molecule has 0 aliphatic rings. The summed E-state index contributed by atoms with van der Waals surface area (Å²) >= 11 is 3.38. The Balaban J connectivity index is 2.42. The van der Waals surface area contributed by atoms with Crippen LogP contribution in [0.1, 0.15) is 32.3 Å². The molecule has 106 valence electrons. The molecule has 3 nitrogen and oxygen atoms in total. The minimum atomic E-state index is -0.218. The molecule has 19 heavy (non-hydrogen) atoms. The Morgan fingerprint density at radius 3 is 2.37 bits per heavy atom. The fourth-order valence-corrected chi connectivity index (χ4v) is 2.09. The minimum absolute atomic E-state index is 0.158. The Bertz CT molecular complexity index is 388. The fraction of sp³-hybridized carbons (Fsp3) is 0.533. The molecule has 1 unspecified atom stereocenters. The summed E-state index contributed by atoms with van der Waals surface area (Å²) in [4.78, 5) is 14.2. The van der Waals surface area contributed by atoms with Crippen molar-refractivity contribution in [3.05, 3.63) is 34.3 Å². The molecule has 0 saturated heterocycles. The maximum Gasteiger partial charge on any atom is 0.313 e. The van der Waals surface area contributed by atoms with Gasteiger partial charge in [-0.05, 0) is 37.7 Å². The molecule has 0 aliphatic heterocycles. The van der Waals surface area contributed by atoms with Crippen LogP contribution >= 0.6 is 15.9 Å². The zero-order valence-electron chi connectivity index (χ0n) is 11.9. The molecular formula is C15H22BrNO2. The highest BCUT2D eigenvalue weighted by molar-refractivity contribution is 9.10. The molecule has 0 N–H and O–H groups in total. The van der Waals surface area contributed by atoms with Gasteiger partial charge >= 0.3 is 5.97 Å². The molecule has 1 rings (SSSR count). The monoisotopic (exact) mass is 327 g/mol. The molecule has 0 aromatic heterocycles. The SMILES string of the molecule is CCN(CC)CCOC(=O)C(C)c1ccc(Br)cc1. The maximum atomic E-state index is 11.9. The lowest BCUT2D eigenvalue weighted by Gasteiger charge is -2.18. The van der Waals surface area contributed by atoms with Crippen LogP contribution in [0.5, 0.6) is 0 Å². The first-order valence-electron chi connectivity index (χ1n) is 6.72. The van der Waals surface area contributed by atoms with Gasteiger partial charge in [0, 0.05) is 11.0 Å². The van der Waals surface area contributed by atoms with Crippen molar-refractivity contribution in [3.63, 3.8) is 0 Å². The third-order valence-corrected chi connectivity index (χ3v) is 3.80. The summed E-state index contributed by atoms with van der Waals surface area (Å²) in [6.45, 7) is 9.31. The van der Waals surface area contributed by atoms with E-state index in [1.165, 1.54) is 0 Å². The van der Waals surface area contributed by atoms with Gasteiger partial charge in [0.2, 0.25) is 0 Å². The normalized spacial score (nSPS) is 12.5. The topological polar surface area (TPSA) is 29.5 Å². The summed E-state index contributed by atoms with van der Waals surface area (Å²) in [6.07, 6.45) is 0. The summed E-state index contributed by atoms with van der Waals surface area (Å²) in [5, 5.41) is 0. The Kier molecular flexibility index (Phi) is 7.10. The number of esters is 1. The van der Waals surface area contributed by atoms with E-state index in [4.69, 9.17) is 4.74 Å². The van der Waals surface area contributed by atoms with Crippen LogP contribution in [0.15, 0.2) is 28.7 Å². The van der Waals surface area contributed by atoms with E-state index < -0.39 is 0 Å². The average Bonchev–Trinajstić information content (AvgIpc) is 2.43. The van der Waals surface area contributed by atoms with E-state index in [1.54, 1.807) is 0 Å². The van der Waals surface area contributed by atoms with E-state index in [0.29, 0.717) is 6.61 Å². The van der Waals surface area contributed by atoms with Gasteiger partial charge in [-0.25, -0.2) is 0 Å². The first-order valence-corrected chi connectivity index (χ1v) is 7.52. The second kappa shape index (κ2) is 8.33. The summed E-state index contributed by atoms with van der Waals surface area (Å²) in [5.74, 6) is -0.376. The summed E-state index contributed by atoms with van der Waals surface area (Å²) in [7, 11) is 0. The van der Waals surface area contributed by atoms with Crippen LogP contribution in [-0.4, -0.2) is 37.1 Å². The number of hydrogen-bond acceptors (Lipinski definition) is 3. The predicted octanol–water partition coefficient (Wildman–Crippen LogP) is 3.44. The molecule has 0 aliphatic carbocycles. The molecule has 0 bridgehead atoms. The number of likely N-dealkylation sites (N-methyl/N-ethyl adjacent to an activating group) is 1. The van der Waals surface area contributed by atoms with Gasteiger partial charge in [0.25, 0.3) is 0 Å². The maximum absolute atomic E-state index is 11.9. The van der Waals surface area contributed by atoms with Crippen molar-refractivity contribution in [2.24, 2.45) is 0 Å². The number of hydrogen-bond donors (Lipinski definition) is 0. The lowest BCUT2D eigenvalue weighted by atomic mass is 10.0. The highest BCUT2D eigenvalue weighted by atomic mass is 79.9. The van der Waals surface area contributed by atoms with Crippen LogP contribution in [0.3, 0.4) is 0 Å². The Morgan fingerprint density at radius 2 is 1.84 bits per heavy atom. The number of halogens is 1. The van der Waals surface area contributed by atoms with Crippen molar-refractivity contribution in [3.8, 4) is 0 Å². The van der Waals surface area contributed by atoms with E-state index in [-0.39, 0.29) is 11.9 Å².